The molecule has 66 valence electrons. The summed E-state index contributed by atoms with van der Waals surface area (Å²) in [6.45, 7) is 0.268. The maximum absolute atomic E-state index is 9.26. The van der Waals surface area contributed by atoms with Crippen molar-refractivity contribution in [2.75, 3.05) is 6.61 Å². The van der Waals surface area contributed by atoms with Gasteiger partial charge in [0.1, 0.15) is 0 Å². The minimum atomic E-state index is 0.0673. The van der Waals surface area contributed by atoms with Gasteiger partial charge in [-0.2, -0.15) is 0 Å². The fourth-order valence-corrected chi connectivity index (χ4v) is 3.01. The maximum Gasteiger partial charge on any atom is 0.0535 e. The second kappa shape index (κ2) is 3.02. The molecule has 1 heterocycles. The lowest BCUT2D eigenvalue weighted by Crippen LogP contribution is -2.36. The zero-order chi connectivity index (χ0) is 8.60. The summed E-state index contributed by atoms with van der Waals surface area (Å²) >= 11 is 7.50. The molecule has 1 aromatic heterocycles. The second-order valence-corrected chi connectivity index (χ2v) is 4.77. The molecule has 1 aliphatic rings. The first-order chi connectivity index (χ1) is 5.77. The van der Waals surface area contributed by atoms with Gasteiger partial charge >= 0.3 is 0 Å². The van der Waals surface area contributed by atoms with E-state index < -0.39 is 0 Å². The molecular weight excluding hydrogens is 192 g/mol. The van der Waals surface area contributed by atoms with E-state index in [1.54, 1.807) is 11.3 Å². The molecule has 12 heavy (non-hydrogen) atoms. The van der Waals surface area contributed by atoms with Crippen LogP contribution in [0.3, 0.4) is 0 Å². The van der Waals surface area contributed by atoms with E-state index in [4.69, 9.17) is 11.6 Å². The van der Waals surface area contributed by atoms with Crippen molar-refractivity contribution in [3.63, 3.8) is 0 Å². The third kappa shape index (κ3) is 1.18. The molecule has 0 amide bonds. The molecule has 0 aliphatic heterocycles. The van der Waals surface area contributed by atoms with Crippen LogP contribution in [-0.2, 0) is 5.41 Å². The van der Waals surface area contributed by atoms with Crippen LogP contribution in [0.5, 0.6) is 0 Å². The highest BCUT2D eigenvalue weighted by atomic mass is 35.5. The number of aliphatic hydroxyl groups is 1. The number of rotatable bonds is 2. The number of halogens is 1. The zero-order valence-electron chi connectivity index (χ0n) is 6.72. The quantitative estimate of drug-likeness (QED) is 0.782. The Labute approximate surface area is 81.0 Å². The standard InChI is InChI=1S/C9H11ClOS/c10-7-4-8(12-5-7)9(6-11)2-1-3-9/h4-5,11H,1-3,6H2. The fraction of sp³-hybridized carbons (Fsp3) is 0.556. The summed E-state index contributed by atoms with van der Waals surface area (Å²) in [7, 11) is 0. The van der Waals surface area contributed by atoms with Crippen molar-refractivity contribution in [1.82, 2.24) is 0 Å². The van der Waals surface area contributed by atoms with Crippen molar-refractivity contribution in [2.24, 2.45) is 0 Å². The molecule has 0 saturated heterocycles. The molecule has 3 heteroatoms. The average molecular weight is 203 g/mol. The lowest BCUT2D eigenvalue weighted by atomic mass is 9.68. The first-order valence-electron chi connectivity index (χ1n) is 4.12. The Hall–Kier alpha value is -0.0500. The van der Waals surface area contributed by atoms with Crippen LogP contribution in [0.2, 0.25) is 5.02 Å². The van der Waals surface area contributed by atoms with Crippen LogP contribution in [0.25, 0.3) is 0 Å². The Morgan fingerprint density at radius 2 is 2.33 bits per heavy atom. The predicted octanol–water partition coefficient (Wildman–Crippen LogP) is 2.82. The van der Waals surface area contributed by atoms with Gasteiger partial charge < -0.3 is 5.11 Å². The molecule has 0 atom stereocenters. The maximum atomic E-state index is 9.26. The van der Waals surface area contributed by atoms with E-state index in [-0.39, 0.29) is 12.0 Å². The minimum Gasteiger partial charge on any atom is -0.395 e. The van der Waals surface area contributed by atoms with Gasteiger partial charge in [-0.15, -0.1) is 11.3 Å². The van der Waals surface area contributed by atoms with Gasteiger partial charge in [0.05, 0.1) is 11.6 Å². The second-order valence-electron chi connectivity index (χ2n) is 3.42. The molecule has 0 aromatic carbocycles. The van der Waals surface area contributed by atoms with Crippen molar-refractivity contribution >= 4 is 22.9 Å². The molecule has 1 aromatic rings. The number of aliphatic hydroxyl groups excluding tert-OH is 1. The fourth-order valence-electron chi connectivity index (χ4n) is 1.68. The van der Waals surface area contributed by atoms with E-state index in [9.17, 15) is 5.11 Å². The zero-order valence-corrected chi connectivity index (χ0v) is 8.29. The largest absolute Gasteiger partial charge is 0.395 e. The highest BCUT2D eigenvalue weighted by molar-refractivity contribution is 7.10. The highest BCUT2D eigenvalue weighted by Crippen LogP contribution is 2.46. The van der Waals surface area contributed by atoms with E-state index in [1.165, 1.54) is 11.3 Å². The molecule has 0 radical (unpaired) electrons. The third-order valence-electron chi connectivity index (χ3n) is 2.70. The van der Waals surface area contributed by atoms with Crippen molar-refractivity contribution in [1.29, 1.82) is 0 Å². The molecule has 1 saturated carbocycles. The molecular formula is C9H11ClOS. The van der Waals surface area contributed by atoms with Crippen LogP contribution >= 0.6 is 22.9 Å². The van der Waals surface area contributed by atoms with E-state index in [0.717, 1.165) is 17.9 Å². The Balaban J connectivity index is 2.27. The molecule has 1 nitrogen and oxygen atoms in total. The summed E-state index contributed by atoms with van der Waals surface area (Å²) in [6, 6.07) is 1.99. The molecule has 2 rings (SSSR count). The van der Waals surface area contributed by atoms with Gasteiger partial charge in [0.25, 0.3) is 0 Å². The van der Waals surface area contributed by atoms with Crippen LogP contribution in [-0.4, -0.2) is 11.7 Å². The highest BCUT2D eigenvalue weighted by Gasteiger charge is 2.39. The SMILES string of the molecule is OCC1(c2cc(Cl)cs2)CCC1. The summed E-state index contributed by atoms with van der Waals surface area (Å²) in [6.07, 6.45) is 3.46. The first-order valence-corrected chi connectivity index (χ1v) is 5.38. The molecule has 1 aliphatic carbocycles. The summed E-state index contributed by atoms with van der Waals surface area (Å²) < 4.78 is 0. The van der Waals surface area contributed by atoms with Gasteiger partial charge in [0.15, 0.2) is 0 Å². The lowest BCUT2D eigenvalue weighted by molar-refractivity contribution is 0.123. The van der Waals surface area contributed by atoms with E-state index in [2.05, 4.69) is 0 Å². The van der Waals surface area contributed by atoms with Gasteiger partial charge in [-0.05, 0) is 18.9 Å². The monoisotopic (exact) mass is 202 g/mol. The van der Waals surface area contributed by atoms with E-state index >= 15 is 0 Å². The predicted molar refractivity (Wildman–Crippen MR) is 51.9 cm³/mol. The van der Waals surface area contributed by atoms with Crippen LogP contribution in [0, 0.1) is 0 Å². The minimum absolute atomic E-state index is 0.0673. The van der Waals surface area contributed by atoms with E-state index in [0.29, 0.717) is 0 Å². The topological polar surface area (TPSA) is 20.2 Å². The van der Waals surface area contributed by atoms with Gasteiger partial charge in [0.2, 0.25) is 0 Å². The lowest BCUT2D eigenvalue weighted by Gasteiger charge is -2.39. The summed E-state index contributed by atoms with van der Waals surface area (Å²) in [4.78, 5) is 1.25. The van der Waals surface area contributed by atoms with Crippen molar-refractivity contribution < 1.29 is 5.11 Å². The molecule has 0 spiro atoms. The Morgan fingerprint density at radius 1 is 1.58 bits per heavy atom. The van der Waals surface area contributed by atoms with Crippen molar-refractivity contribution in [2.45, 2.75) is 24.7 Å². The summed E-state index contributed by atoms with van der Waals surface area (Å²) in [5, 5.41) is 12.0. The summed E-state index contributed by atoms with van der Waals surface area (Å²) in [5.41, 5.74) is 0.0673. The summed E-state index contributed by atoms with van der Waals surface area (Å²) in [5.74, 6) is 0. The molecule has 1 fully saturated rings. The van der Waals surface area contributed by atoms with Crippen molar-refractivity contribution in [3.8, 4) is 0 Å². The average Bonchev–Trinajstić information content (AvgIpc) is 2.35. The van der Waals surface area contributed by atoms with Crippen LogP contribution in [0.15, 0.2) is 11.4 Å². The number of thiophene rings is 1. The normalized spacial score (nSPS) is 20.5. The van der Waals surface area contributed by atoms with Crippen LogP contribution in [0.1, 0.15) is 24.1 Å². The van der Waals surface area contributed by atoms with E-state index in [1.807, 2.05) is 11.4 Å². The Kier molecular flexibility index (Phi) is 2.15. The Bertz CT molecular complexity index is 272. The van der Waals surface area contributed by atoms with Gasteiger partial charge in [-0.25, -0.2) is 0 Å². The first kappa shape index (κ1) is 8.54. The molecule has 0 bridgehead atoms. The molecule has 1 N–H and O–H groups in total. The number of hydrogen-bond acceptors (Lipinski definition) is 2. The smallest absolute Gasteiger partial charge is 0.0535 e. The van der Waals surface area contributed by atoms with Crippen LogP contribution in [0.4, 0.5) is 0 Å². The van der Waals surface area contributed by atoms with Crippen LogP contribution < -0.4 is 0 Å². The third-order valence-corrected chi connectivity index (χ3v) is 4.23. The van der Waals surface area contributed by atoms with Crippen molar-refractivity contribution in [3.05, 3.63) is 21.3 Å². The van der Waals surface area contributed by atoms with Gasteiger partial charge in [-0.1, -0.05) is 18.0 Å². The van der Waals surface area contributed by atoms with Gasteiger partial charge in [-0.3, -0.25) is 0 Å². The molecule has 0 unspecified atom stereocenters. The van der Waals surface area contributed by atoms with Gasteiger partial charge in [0, 0.05) is 15.7 Å². The number of hydrogen-bond donors (Lipinski definition) is 1. The Morgan fingerprint density at radius 3 is 2.67 bits per heavy atom.